The Labute approximate surface area is 112 Å². The third-order valence-electron chi connectivity index (χ3n) is 3.70. The average Bonchev–Trinajstić information content (AvgIpc) is 2.41. The number of carbonyl (C=O) groups excluding carboxylic acids is 1. The number of ether oxygens (including phenoxy) is 1. The molecule has 4 nitrogen and oxygen atoms in total. The monoisotopic (exact) mass is 266 g/mol. The van der Waals surface area contributed by atoms with Crippen LogP contribution in [0.3, 0.4) is 0 Å². The number of methoxy groups -OCH3 is 1. The third kappa shape index (κ3) is 2.87. The summed E-state index contributed by atoms with van der Waals surface area (Å²) in [6, 6.07) is 4.24. The van der Waals surface area contributed by atoms with Crippen LogP contribution < -0.4 is 10.5 Å². The summed E-state index contributed by atoms with van der Waals surface area (Å²) in [5, 5.41) is 0. The SMILES string of the molecule is COc1ccc(C(=O)N2CCC(C)C(N)C2)cc1F. The van der Waals surface area contributed by atoms with E-state index < -0.39 is 5.82 Å². The molecule has 1 aliphatic rings. The highest BCUT2D eigenvalue weighted by atomic mass is 19.1. The predicted molar refractivity (Wildman–Crippen MR) is 70.6 cm³/mol. The molecule has 1 fully saturated rings. The first-order chi connectivity index (χ1) is 9.02. The first-order valence-electron chi connectivity index (χ1n) is 6.41. The Kier molecular flexibility index (Phi) is 4.04. The number of hydrogen-bond acceptors (Lipinski definition) is 3. The van der Waals surface area contributed by atoms with Crippen LogP contribution in [-0.2, 0) is 0 Å². The molecule has 1 heterocycles. The fraction of sp³-hybridized carbons (Fsp3) is 0.500. The van der Waals surface area contributed by atoms with Gasteiger partial charge in [0, 0.05) is 24.7 Å². The summed E-state index contributed by atoms with van der Waals surface area (Å²) < 4.78 is 18.4. The van der Waals surface area contributed by atoms with Crippen molar-refractivity contribution >= 4 is 5.91 Å². The summed E-state index contributed by atoms with van der Waals surface area (Å²) in [6.07, 6.45) is 0.880. The van der Waals surface area contributed by atoms with Crippen molar-refractivity contribution in [2.24, 2.45) is 11.7 Å². The minimum atomic E-state index is -0.525. The quantitative estimate of drug-likeness (QED) is 0.885. The molecule has 1 aromatic carbocycles. The van der Waals surface area contributed by atoms with Gasteiger partial charge in [0.1, 0.15) is 0 Å². The van der Waals surface area contributed by atoms with Gasteiger partial charge in [-0.05, 0) is 30.5 Å². The van der Waals surface area contributed by atoms with Crippen LogP contribution in [0.2, 0.25) is 0 Å². The van der Waals surface area contributed by atoms with Gasteiger partial charge in [-0.25, -0.2) is 4.39 Å². The molecule has 2 N–H and O–H groups in total. The maximum atomic E-state index is 13.6. The Balaban J connectivity index is 2.13. The molecular weight excluding hydrogens is 247 g/mol. The van der Waals surface area contributed by atoms with E-state index in [4.69, 9.17) is 10.5 Å². The van der Waals surface area contributed by atoms with Crippen molar-refractivity contribution in [3.05, 3.63) is 29.6 Å². The highest BCUT2D eigenvalue weighted by molar-refractivity contribution is 5.94. The summed E-state index contributed by atoms with van der Waals surface area (Å²) in [6.45, 7) is 3.27. The van der Waals surface area contributed by atoms with Crippen LogP contribution >= 0.6 is 0 Å². The van der Waals surface area contributed by atoms with E-state index in [0.717, 1.165) is 6.42 Å². The number of hydrogen-bond donors (Lipinski definition) is 1. The predicted octanol–water partition coefficient (Wildman–Crippen LogP) is 1.64. The van der Waals surface area contributed by atoms with Gasteiger partial charge in [0.25, 0.3) is 5.91 Å². The van der Waals surface area contributed by atoms with E-state index in [2.05, 4.69) is 6.92 Å². The van der Waals surface area contributed by atoms with Crippen molar-refractivity contribution in [1.29, 1.82) is 0 Å². The van der Waals surface area contributed by atoms with Gasteiger partial charge in [-0.15, -0.1) is 0 Å². The Morgan fingerprint density at radius 2 is 2.26 bits per heavy atom. The maximum Gasteiger partial charge on any atom is 0.254 e. The summed E-state index contributed by atoms with van der Waals surface area (Å²) in [5.74, 6) is -0.149. The van der Waals surface area contributed by atoms with Gasteiger partial charge in [0.2, 0.25) is 0 Å². The molecule has 0 saturated carbocycles. The number of carbonyl (C=O) groups is 1. The Bertz CT molecular complexity index is 479. The van der Waals surface area contributed by atoms with E-state index in [9.17, 15) is 9.18 Å². The van der Waals surface area contributed by atoms with Crippen LogP contribution in [0, 0.1) is 11.7 Å². The molecule has 1 aromatic rings. The van der Waals surface area contributed by atoms with E-state index in [0.29, 0.717) is 24.6 Å². The van der Waals surface area contributed by atoms with E-state index >= 15 is 0 Å². The largest absolute Gasteiger partial charge is 0.494 e. The fourth-order valence-corrected chi connectivity index (χ4v) is 2.27. The topological polar surface area (TPSA) is 55.6 Å². The van der Waals surface area contributed by atoms with Gasteiger partial charge >= 0.3 is 0 Å². The Morgan fingerprint density at radius 1 is 1.53 bits per heavy atom. The van der Waals surface area contributed by atoms with E-state index in [1.54, 1.807) is 11.0 Å². The lowest BCUT2D eigenvalue weighted by molar-refractivity contribution is 0.0672. The van der Waals surface area contributed by atoms with Crippen LogP contribution in [0.4, 0.5) is 4.39 Å². The lowest BCUT2D eigenvalue weighted by Gasteiger charge is -2.35. The smallest absolute Gasteiger partial charge is 0.254 e. The van der Waals surface area contributed by atoms with E-state index in [1.807, 2.05) is 0 Å². The molecule has 2 rings (SSSR count). The van der Waals surface area contributed by atoms with Gasteiger partial charge in [0.15, 0.2) is 11.6 Å². The maximum absolute atomic E-state index is 13.6. The second kappa shape index (κ2) is 5.57. The summed E-state index contributed by atoms with van der Waals surface area (Å²) in [7, 11) is 1.39. The first kappa shape index (κ1) is 13.8. The van der Waals surface area contributed by atoms with Crippen molar-refractivity contribution in [2.45, 2.75) is 19.4 Å². The molecule has 0 bridgehead atoms. The Hall–Kier alpha value is -1.62. The zero-order chi connectivity index (χ0) is 14.0. The van der Waals surface area contributed by atoms with E-state index in [-0.39, 0.29) is 17.7 Å². The number of likely N-dealkylation sites (tertiary alicyclic amines) is 1. The lowest BCUT2D eigenvalue weighted by Crippen LogP contribution is -2.49. The summed E-state index contributed by atoms with van der Waals surface area (Å²) in [5.41, 5.74) is 6.31. The van der Waals surface area contributed by atoms with Gasteiger partial charge in [-0.1, -0.05) is 6.92 Å². The van der Waals surface area contributed by atoms with Crippen LogP contribution in [0.1, 0.15) is 23.7 Å². The third-order valence-corrected chi connectivity index (χ3v) is 3.70. The molecule has 2 unspecified atom stereocenters. The normalized spacial score (nSPS) is 23.3. The number of nitrogens with zero attached hydrogens (tertiary/aromatic N) is 1. The van der Waals surface area contributed by atoms with Crippen LogP contribution in [0.5, 0.6) is 5.75 Å². The molecule has 19 heavy (non-hydrogen) atoms. The molecule has 0 aromatic heterocycles. The van der Waals surface area contributed by atoms with Crippen molar-refractivity contribution < 1.29 is 13.9 Å². The zero-order valence-corrected chi connectivity index (χ0v) is 11.2. The molecule has 0 radical (unpaired) electrons. The number of halogens is 1. The van der Waals surface area contributed by atoms with Crippen LogP contribution in [0.15, 0.2) is 18.2 Å². The molecular formula is C14H19FN2O2. The van der Waals surface area contributed by atoms with Crippen molar-refractivity contribution in [3.63, 3.8) is 0 Å². The number of piperidine rings is 1. The number of nitrogens with two attached hydrogens (primary N) is 1. The standard InChI is InChI=1S/C14H19FN2O2/c1-9-5-6-17(8-12(9)16)14(18)10-3-4-13(19-2)11(15)7-10/h3-4,7,9,12H,5-6,8,16H2,1-2H3. The minimum absolute atomic E-state index is 0.0132. The molecule has 0 spiro atoms. The zero-order valence-electron chi connectivity index (χ0n) is 11.2. The average molecular weight is 266 g/mol. The van der Waals surface area contributed by atoms with Gasteiger partial charge in [0.05, 0.1) is 7.11 Å². The molecule has 1 saturated heterocycles. The number of benzene rings is 1. The highest BCUT2D eigenvalue weighted by Crippen LogP contribution is 2.21. The van der Waals surface area contributed by atoms with Gasteiger partial charge in [-0.2, -0.15) is 0 Å². The second-order valence-corrected chi connectivity index (χ2v) is 5.03. The lowest BCUT2D eigenvalue weighted by atomic mass is 9.94. The molecule has 1 amide bonds. The van der Waals surface area contributed by atoms with Crippen molar-refractivity contribution in [2.75, 3.05) is 20.2 Å². The van der Waals surface area contributed by atoms with Gasteiger partial charge < -0.3 is 15.4 Å². The number of amides is 1. The van der Waals surface area contributed by atoms with Crippen LogP contribution in [0.25, 0.3) is 0 Å². The molecule has 5 heteroatoms. The Morgan fingerprint density at radius 3 is 2.84 bits per heavy atom. The van der Waals surface area contributed by atoms with Crippen molar-refractivity contribution in [3.8, 4) is 5.75 Å². The minimum Gasteiger partial charge on any atom is -0.494 e. The molecule has 104 valence electrons. The first-order valence-corrected chi connectivity index (χ1v) is 6.41. The molecule has 1 aliphatic heterocycles. The van der Waals surface area contributed by atoms with Crippen molar-refractivity contribution in [1.82, 2.24) is 4.90 Å². The van der Waals surface area contributed by atoms with Gasteiger partial charge in [-0.3, -0.25) is 4.79 Å². The highest BCUT2D eigenvalue weighted by Gasteiger charge is 2.27. The summed E-state index contributed by atoms with van der Waals surface area (Å²) >= 11 is 0. The number of rotatable bonds is 2. The van der Waals surface area contributed by atoms with E-state index in [1.165, 1.54) is 19.2 Å². The molecule has 2 atom stereocenters. The second-order valence-electron chi connectivity index (χ2n) is 5.03. The molecule has 0 aliphatic carbocycles. The summed E-state index contributed by atoms with van der Waals surface area (Å²) in [4.78, 5) is 14.0. The van der Waals surface area contributed by atoms with Crippen LogP contribution in [-0.4, -0.2) is 37.0 Å². The fourth-order valence-electron chi connectivity index (χ4n) is 2.27.